The number of benzene rings is 1. The van der Waals surface area contributed by atoms with Crippen LogP contribution in [-0.4, -0.2) is 17.4 Å². The number of hydrogen-bond acceptors (Lipinski definition) is 3. The smallest absolute Gasteiger partial charge is 0.236 e. The normalized spacial score (nSPS) is 12.0. The van der Waals surface area contributed by atoms with Gasteiger partial charge in [0.05, 0.1) is 10.6 Å². The molecular formula is C15H12BrIN2O2S. The highest BCUT2D eigenvalue weighted by Gasteiger charge is 2.26. The minimum atomic E-state index is -3.67. The lowest BCUT2D eigenvalue weighted by molar-refractivity contribution is 0.586. The molecule has 0 radical (unpaired) electrons. The number of hydrogen-bond donors (Lipinski definition) is 0. The molecule has 0 fully saturated rings. The summed E-state index contributed by atoms with van der Waals surface area (Å²) in [6, 6.07) is 10.4. The zero-order valence-electron chi connectivity index (χ0n) is 11.6. The topological polar surface area (TPSA) is 52.0 Å². The van der Waals surface area contributed by atoms with E-state index in [1.165, 1.54) is 3.97 Å². The highest BCUT2D eigenvalue weighted by Crippen LogP contribution is 2.32. The van der Waals surface area contributed by atoms with Gasteiger partial charge >= 0.3 is 0 Å². The van der Waals surface area contributed by atoms with Crippen LogP contribution in [0.15, 0.2) is 52.0 Å². The van der Waals surface area contributed by atoms with Crippen molar-refractivity contribution in [2.75, 3.05) is 0 Å². The average Bonchev–Trinajstić information content (AvgIpc) is 2.81. The first-order valence-corrected chi connectivity index (χ1v) is 9.93. The number of halogens is 2. The minimum absolute atomic E-state index is 0.266. The van der Waals surface area contributed by atoms with Crippen LogP contribution in [0.3, 0.4) is 0 Å². The van der Waals surface area contributed by atoms with Crippen LogP contribution in [-0.2, 0) is 16.4 Å². The second-order valence-electron chi connectivity index (χ2n) is 4.72. The molecule has 4 nitrogen and oxygen atoms in total. The van der Waals surface area contributed by atoms with Gasteiger partial charge in [0.15, 0.2) is 5.65 Å². The summed E-state index contributed by atoms with van der Waals surface area (Å²) < 4.78 is 29.2. The van der Waals surface area contributed by atoms with Crippen LogP contribution in [0.4, 0.5) is 0 Å². The van der Waals surface area contributed by atoms with Gasteiger partial charge in [-0.3, -0.25) is 0 Å². The first kappa shape index (κ1) is 15.9. The molecule has 0 saturated heterocycles. The molecule has 0 amide bonds. The van der Waals surface area contributed by atoms with Crippen molar-refractivity contribution in [1.82, 2.24) is 8.96 Å². The van der Waals surface area contributed by atoms with E-state index in [-0.39, 0.29) is 4.90 Å². The Morgan fingerprint density at radius 1 is 1.27 bits per heavy atom. The summed E-state index contributed by atoms with van der Waals surface area (Å²) in [5, 5.41) is 0.839. The number of pyridine rings is 1. The van der Waals surface area contributed by atoms with Crippen molar-refractivity contribution in [2.45, 2.75) is 18.2 Å². The van der Waals surface area contributed by atoms with Gasteiger partial charge in [0.2, 0.25) is 0 Å². The van der Waals surface area contributed by atoms with Crippen LogP contribution in [0.25, 0.3) is 11.0 Å². The van der Waals surface area contributed by atoms with Crippen molar-refractivity contribution in [3.63, 3.8) is 0 Å². The van der Waals surface area contributed by atoms with E-state index in [4.69, 9.17) is 0 Å². The Morgan fingerprint density at radius 3 is 2.59 bits per heavy atom. The molecule has 7 heteroatoms. The molecule has 0 N–H and O–H groups in total. The summed E-state index contributed by atoms with van der Waals surface area (Å²) in [7, 11) is -3.67. The number of rotatable bonds is 3. The lowest BCUT2D eigenvalue weighted by Crippen LogP contribution is -2.16. The quantitative estimate of drug-likeness (QED) is 0.517. The van der Waals surface area contributed by atoms with Gasteiger partial charge in [-0.15, -0.1) is 0 Å². The van der Waals surface area contributed by atoms with Crippen LogP contribution >= 0.6 is 38.5 Å². The second kappa shape index (κ2) is 5.93. The Balaban J connectivity index is 2.41. The van der Waals surface area contributed by atoms with Gasteiger partial charge in [0.25, 0.3) is 10.0 Å². The standard InChI is InChI=1S/C15H12BrIN2O2S/c1-2-13-14(17)12-8-10(16)9-18-15(12)19(13)22(20,21)11-6-4-3-5-7-11/h3-9H,2H2,1H3. The average molecular weight is 491 g/mol. The maximum Gasteiger partial charge on any atom is 0.269 e. The molecule has 114 valence electrons. The maximum absolute atomic E-state index is 13.0. The Hall–Kier alpha value is -0.930. The summed E-state index contributed by atoms with van der Waals surface area (Å²) in [6.07, 6.45) is 2.23. The van der Waals surface area contributed by atoms with Crippen molar-refractivity contribution in [3.05, 3.63) is 56.3 Å². The van der Waals surface area contributed by atoms with Crippen molar-refractivity contribution >= 4 is 59.6 Å². The summed E-state index contributed by atoms with van der Waals surface area (Å²) in [5.41, 5.74) is 1.22. The molecule has 0 aliphatic rings. The fourth-order valence-electron chi connectivity index (χ4n) is 2.38. The molecule has 3 aromatic rings. The van der Waals surface area contributed by atoms with Gasteiger partial charge in [0, 0.05) is 19.6 Å². The monoisotopic (exact) mass is 490 g/mol. The predicted octanol–water partition coefficient (Wildman–Crippen LogP) is 4.20. The predicted molar refractivity (Wildman–Crippen MR) is 98.6 cm³/mol. The highest BCUT2D eigenvalue weighted by atomic mass is 127. The van der Waals surface area contributed by atoms with E-state index in [1.54, 1.807) is 36.5 Å². The van der Waals surface area contributed by atoms with Gasteiger partial charge in [0.1, 0.15) is 0 Å². The minimum Gasteiger partial charge on any atom is -0.236 e. The van der Waals surface area contributed by atoms with E-state index in [0.29, 0.717) is 12.1 Å². The first-order valence-electron chi connectivity index (χ1n) is 6.61. The molecule has 0 atom stereocenters. The van der Waals surface area contributed by atoms with Crippen LogP contribution in [0.2, 0.25) is 0 Å². The van der Waals surface area contributed by atoms with E-state index < -0.39 is 10.0 Å². The number of aromatic nitrogens is 2. The molecule has 0 unspecified atom stereocenters. The van der Waals surface area contributed by atoms with Crippen molar-refractivity contribution in [3.8, 4) is 0 Å². The van der Waals surface area contributed by atoms with E-state index in [9.17, 15) is 8.42 Å². The third-order valence-corrected chi connectivity index (χ3v) is 6.76. The van der Waals surface area contributed by atoms with Crippen LogP contribution in [0.5, 0.6) is 0 Å². The Labute approximate surface area is 150 Å². The molecule has 0 aliphatic carbocycles. The first-order chi connectivity index (χ1) is 10.5. The Morgan fingerprint density at radius 2 is 1.95 bits per heavy atom. The van der Waals surface area contributed by atoms with Gasteiger partial charge in [-0.05, 0) is 63.1 Å². The van der Waals surface area contributed by atoms with E-state index >= 15 is 0 Å². The SMILES string of the molecule is CCc1c(I)c2cc(Br)cnc2n1S(=O)(=O)c1ccccc1. The van der Waals surface area contributed by atoms with Gasteiger partial charge < -0.3 is 0 Å². The molecule has 0 bridgehead atoms. The van der Waals surface area contributed by atoms with Crippen molar-refractivity contribution in [2.24, 2.45) is 0 Å². The second-order valence-corrected chi connectivity index (χ2v) is 8.50. The summed E-state index contributed by atoms with van der Waals surface area (Å²) in [4.78, 5) is 4.60. The van der Waals surface area contributed by atoms with Gasteiger partial charge in [-0.1, -0.05) is 25.1 Å². The molecule has 0 aliphatic heterocycles. The van der Waals surface area contributed by atoms with Crippen LogP contribution in [0.1, 0.15) is 12.6 Å². The summed E-state index contributed by atoms with van der Waals surface area (Å²) in [5.74, 6) is 0. The van der Waals surface area contributed by atoms with Crippen LogP contribution in [0, 0.1) is 3.57 Å². The van der Waals surface area contributed by atoms with E-state index in [0.717, 1.165) is 19.1 Å². The third-order valence-electron chi connectivity index (χ3n) is 3.38. The molecule has 2 aromatic heterocycles. The maximum atomic E-state index is 13.0. The zero-order chi connectivity index (χ0) is 15.9. The van der Waals surface area contributed by atoms with Crippen molar-refractivity contribution in [1.29, 1.82) is 0 Å². The van der Waals surface area contributed by atoms with Gasteiger partial charge in [-0.25, -0.2) is 17.4 Å². The van der Waals surface area contributed by atoms with E-state index in [1.807, 2.05) is 13.0 Å². The molecule has 2 heterocycles. The molecule has 22 heavy (non-hydrogen) atoms. The number of fused-ring (bicyclic) bond motifs is 1. The van der Waals surface area contributed by atoms with Crippen molar-refractivity contribution < 1.29 is 8.42 Å². The molecule has 0 spiro atoms. The summed E-state index contributed by atoms with van der Waals surface area (Å²) >= 11 is 5.58. The Kier molecular flexibility index (Phi) is 4.30. The fourth-order valence-corrected chi connectivity index (χ4v) is 5.49. The lowest BCUT2D eigenvalue weighted by atomic mass is 10.3. The third kappa shape index (κ3) is 2.48. The van der Waals surface area contributed by atoms with E-state index in [2.05, 4.69) is 43.5 Å². The molecule has 3 rings (SSSR count). The fraction of sp³-hybridized carbons (Fsp3) is 0.133. The molecule has 1 aromatic carbocycles. The lowest BCUT2D eigenvalue weighted by Gasteiger charge is -2.10. The largest absolute Gasteiger partial charge is 0.269 e. The Bertz CT molecular complexity index is 953. The summed E-state index contributed by atoms with van der Waals surface area (Å²) in [6.45, 7) is 1.95. The van der Waals surface area contributed by atoms with Gasteiger partial charge in [-0.2, -0.15) is 0 Å². The molecule has 0 saturated carbocycles. The molecular weight excluding hydrogens is 479 g/mol. The number of nitrogens with zero attached hydrogens (tertiary/aromatic N) is 2. The van der Waals surface area contributed by atoms with Crippen LogP contribution < -0.4 is 0 Å². The zero-order valence-corrected chi connectivity index (χ0v) is 16.2. The highest BCUT2D eigenvalue weighted by molar-refractivity contribution is 14.1.